The maximum absolute atomic E-state index is 12.5. The van der Waals surface area contributed by atoms with Crippen LogP contribution in [0.4, 0.5) is 5.82 Å². The molecule has 0 radical (unpaired) electrons. The van der Waals surface area contributed by atoms with E-state index in [-0.39, 0.29) is 12.5 Å². The summed E-state index contributed by atoms with van der Waals surface area (Å²) in [5, 5.41) is 3.56. The lowest BCUT2D eigenvalue weighted by molar-refractivity contribution is -0.118. The first kappa shape index (κ1) is 18.1. The number of aromatic nitrogens is 2. The smallest absolute Gasteiger partial charge is 0.263 e. The Balaban J connectivity index is 1.61. The Morgan fingerprint density at radius 1 is 1.11 bits per heavy atom. The van der Waals surface area contributed by atoms with Crippen molar-refractivity contribution in [2.45, 2.75) is 6.92 Å². The van der Waals surface area contributed by atoms with Gasteiger partial charge >= 0.3 is 0 Å². The van der Waals surface area contributed by atoms with Crippen LogP contribution in [0.15, 0.2) is 72.9 Å². The van der Waals surface area contributed by atoms with Gasteiger partial charge in [0.2, 0.25) is 0 Å². The molecule has 28 heavy (non-hydrogen) atoms. The van der Waals surface area contributed by atoms with Crippen molar-refractivity contribution in [2.75, 3.05) is 11.9 Å². The summed E-state index contributed by atoms with van der Waals surface area (Å²) in [7, 11) is 0. The molecule has 1 amide bonds. The van der Waals surface area contributed by atoms with Crippen LogP contribution in [0.2, 0.25) is 5.02 Å². The number of fused-ring (bicyclic) bond motifs is 1. The van der Waals surface area contributed by atoms with Crippen LogP contribution in [0.3, 0.4) is 0 Å². The third-order valence-corrected chi connectivity index (χ3v) is 4.52. The molecule has 0 aliphatic rings. The predicted octanol–water partition coefficient (Wildman–Crippen LogP) is 4.98. The van der Waals surface area contributed by atoms with E-state index in [1.165, 1.54) is 0 Å². The fraction of sp³-hybridized carbons (Fsp3) is 0.0909. The van der Waals surface area contributed by atoms with Gasteiger partial charge in [-0.2, -0.15) is 0 Å². The third kappa shape index (κ3) is 3.85. The lowest BCUT2D eigenvalue weighted by Gasteiger charge is -2.09. The maximum Gasteiger partial charge on any atom is 0.263 e. The predicted molar refractivity (Wildman–Crippen MR) is 111 cm³/mol. The van der Waals surface area contributed by atoms with E-state index in [9.17, 15) is 4.79 Å². The van der Waals surface area contributed by atoms with Crippen LogP contribution in [-0.4, -0.2) is 21.9 Å². The average Bonchev–Trinajstić information content (AvgIpc) is 3.05. The number of hydrogen-bond acceptors (Lipinski definition) is 3. The minimum atomic E-state index is -0.269. The van der Waals surface area contributed by atoms with Crippen LogP contribution in [0.1, 0.15) is 5.56 Å². The molecule has 4 aromatic rings. The summed E-state index contributed by atoms with van der Waals surface area (Å²) in [6.07, 6.45) is 1.90. The lowest BCUT2D eigenvalue weighted by Crippen LogP contribution is -2.21. The summed E-state index contributed by atoms with van der Waals surface area (Å²) in [6.45, 7) is 1.89. The van der Waals surface area contributed by atoms with E-state index in [1.54, 1.807) is 24.3 Å². The van der Waals surface area contributed by atoms with Gasteiger partial charge in [0, 0.05) is 16.8 Å². The van der Waals surface area contributed by atoms with Crippen molar-refractivity contribution in [3.8, 4) is 17.0 Å². The van der Waals surface area contributed by atoms with Crippen molar-refractivity contribution in [1.29, 1.82) is 0 Å². The molecule has 0 unspecified atom stereocenters. The van der Waals surface area contributed by atoms with Gasteiger partial charge in [0.05, 0.1) is 0 Å². The van der Waals surface area contributed by atoms with Crippen molar-refractivity contribution in [3.63, 3.8) is 0 Å². The standard InChI is InChI=1S/C22H18ClN3O2/c1-15-11-12-26-19(13-15)24-21(16-5-3-2-4-6-16)22(26)25-20(27)14-28-18-9-7-17(23)8-10-18/h2-13H,14H2,1H3,(H,25,27). The number of halogens is 1. The highest BCUT2D eigenvalue weighted by Gasteiger charge is 2.16. The number of nitrogens with one attached hydrogen (secondary N) is 1. The number of amides is 1. The molecule has 0 aliphatic carbocycles. The van der Waals surface area contributed by atoms with Crippen LogP contribution in [0, 0.1) is 6.92 Å². The number of benzene rings is 2. The Bertz CT molecular complexity index is 1120. The van der Waals surface area contributed by atoms with Gasteiger partial charge in [-0.3, -0.25) is 9.20 Å². The molecular formula is C22H18ClN3O2. The van der Waals surface area contributed by atoms with E-state index in [0.29, 0.717) is 22.3 Å². The molecule has 0 bridgehead atoms. The first-order valence-electron chi connectivity index (χ1n) is 8.82. The molecule has 2 heterocycles. The van der Waals surface area contributed by atoms with E-state index >= 15 is 0 Å². The van der Waals surface area contributed by atoms with E-state index < -0.39 is 0 Å². The monoisotopic (exact) mass is 391 g/mol. The molecule has 6 heteroatoms. The number of carbonyl (C=O) groups is 1. The molecule has 1 N–H and O–H groups in total. The Morgan fingerprint density at radius 3 is 2.61 bits per heavy atom. The van der Waals surface area contributed by atoms with Crippen LogP contribution in [-0.2, 0) is 4.79 Å². The zero-order chi connectivity index (χ0) is 19.5. The fourth-order valence-electron chi connectivity index (χ4n) is 2.91. The molecule has 140 valence electrons. The van der Waals surface area contributed by atoms with Crippen molar-refractivity contribution in [3.05, 3.63) is 83.5 Å². The quantitative estimate of drug-likeness (QED) is 0.522. The summed E-state index contributed by atoms with van der Waals surface area (Å²) in [5.74, 6) is 0.928. The van der Waals surface area contributed by atoms with Gasteiger partial charge in [-0.25, -0.2) is 4.98 Å². The highest BCUT2D eigenvalue weighted by Crippen LogP contribution is 2.29. The molecule has 0 saturated heterocycles. The SMILES string of the molecule is Cc1ccn2c(NC(=O)COc3ccc(Cl)cc3)c(-c3ccccc3)nc2c1. The van der Waals surface area contributed by atoms with E-state index in [2.05, 4.69) is 5.32 Å². The second kappa shape index (κ2) is 7.74. The van der Waals surface area contributed by atoms with E-state index in [1.807, 2.05) is 60.0 Å². The Morgan fingerprint density at radius 2 is 1.86 bits per heavy atom. The van der Waals surface area contributed by atoms with E-state index in [4.69, 9.17) is 21.3 Å². The summed E-state index contributed by atoms with van der Waals surface area (Å²) in [5.41, 5.74) is 3.51. The second-order valence-corrected chi connectivity index (χ2v) is 6.83. The van der Waals surface area contributed by atoms with Gasteiger partial charge in [0.25, 0.3) is 5.91 Å². The number of imidazole rings is 1. The molecule has 0 spiro atoms. The van der Waals surface area contributed by atoms with Gasteiger partial charge in [-0.1, -0.05) is 41.9 Å². The minimum absolute atomic E-state index is 0.116. The van der Waals surface area contributed by atoms with Gasteiger partial charge in [0.15, 0.2) is 6.61 Å². The molecule has 2 aromatic heterocycles. The number of rotatable bonds is 5. The number of anilines is 1. The van der Waals surface area contributed by atoms with Crippen molar-refractivity contribution in [1.82, 2.24) is 9.38 Å². The summed E-state index contributed by atoms with van der Waals surface area (Å²) in [6, 6.07) is 20.6. The van der Waals surface area contributed by atoms with Gasteiger partial charge in [0.1, 0.15) is 22.9 Å². The topological polar surface area (TPSA) is 55.6 Å². The van der Waals surface area contributed by atoms with Crippen LogP contribution in [0.5, 0.6) is 5.75 Å². The van der Waals surface area contributed by atoms with Gasteiger partial charge < -0.3 is 10.1 Å². The molecule has 0 saturated carbocycles. The summed E-state index contributed by atoms with van der Waals surface area (Å²) >= 11 is 5.87. The molecule has 4 rings (SSSR count). The van der Waals surface area contributed by atoms with Crippen LogP contribution in [0.25, 0.3) is 16.9 Å². The minimum Gasteiger partial charge on any atom is -0.484 e. The number of nitrogens with zero attached hydrogens (tertiary/aromatic N) is 2. The Kier molecular flexibility index (Phi) is 5.00. The highest BCUT2D eigenvalue weighted by atomic mass is 35.5. The first-order chi connectivity index (χ1) is 13.6. The Hall–Kier alpha value is -3.31. The van der Waals surface area contributed by atoms with E-state index in [0.717, 1.165) is 16.8 Å². The van der Waals surface area contributed by atoms with Gasteiger partial charge in [-0.15, -0.1) is 0 Å². The van der Waals surface area contributed by atoms with Crippen molar-refractivity contribution in [2.24, 2.45) is 0 Å². The average molecular weight is 392 g/mol. The van der Waals surface area contributed by atoms with Crippen molar-refractivity contribution < 1.29 is 9.53 Å². The number of hydrogen-bond donors (Lipinski definition) is 1. The largest absolute Gasteiger partial charge is 0.484 e. The molecule has 0 fully saturated rings. The lowest BCUT2D eigenvalue weighted by atomic mass is 10.1. The zero-order valence-electron chi connectivity index (χ0n) is 15.2. The zero-order valence-corrected chi connectivity index (χ0v) is 16.0. The first-order valence-corrected chi connectivity index (χ1v) is 9.20. The van der Waals surface area contributed by atoms with Crippen LogP contribution >= 0.6 is 11.6 Å². The fourth-order valence-corrected chi connectivity index (χ4v) is 3.04. The second-order valence-electron chi connectivity index (χ2n) is 6.40. The normalized spacial score (nSPS) is 10.8. The van der Waals surface area contributed by atoms with Crippen LogP contribution < -0.4 is 10.1 Å². The molecule has 5 nitrogen and oxygen atoms in total. The third-order valence-electron chi connectivity index (χ3n) is 4.27. The Labute approximate surface area is 167 Å². The molecule has 0 aliphatic heterocycles. The number of aryl methyl sites for hydroxylation is 1. The number of ether oxygens (including phenoxy) is 1. The summed E-state index contributed by atoms with van der Waals surface area (Å²) < 4.78 is 7.42. The summed E-state index contributed by atoms with van der Waals surface area (Å²) in [4.78, 5) is 17.3. The van der Waals surface area contributed by atoms with Crippen molar-refractivity contribution >= 4 is 29.0 Å². The maximum atomic E-state index is 12.5. The molecular weight excluding hydrogens is 374 g/mol. The number of carbonyl (C=O) groups excluding carboxylic acids is 1. The van der Waals surface area contributed by atoms with Gasteiger partial charge in [-0.05, 0) is 48.9 Å². The highest BCUT2D eigenvalue weighted by molar-refractivity contribution is 6.30. The molecule has 0 atom stereocenters. The number of pyridine rings is 1. The molecule has 2 aromatic carbocycles.